The van der Waals surface area contributed by atoms with E-state index in [4.69, 9.17) is 9.47 Å². The predicted octanol–water partition coefficient (Wildman–Crippen LogP) is 2.17. The van der Waals surface area contributed by atoms with E-state index >= 15 is 0 Å². The van der Waals surface area contributed by atoms with Crippen LogP contribution < -0.4 is 20.1 Å². The molecule has 0 fully saturated rings. The molecule has 1 aliphatic heterocycles. The second kappa shape index (κ2) is 8.26. The van der Waals surface area contributed by atoms with Gasteiger partial charge in [0.05, 0.1) is 0 Å². The third-order valence-electron chi connectivity index (χ3n) is 4.92. The summed E-state index contributed by atoms with van der Waals surface area (Å²) in [5.41, 5.74) is 2.22. The minimum atomic E-state index is -0.786. The number of aromatic amines is 1. The number of benzene rings is 2. The lowest BCUT2D eigenvalue weighted by atomic mass is 10.1. The van der Waals surface area contributed by atoms with E-state index in [9.17, 15) is 9.59 Å². The van der Waals surface area contributed by atoms with E-state index in [-0.39, 0.29) is 18.4 Å². The summed E-state index contributed by atoms with van der Waals surface area (Å²) in [6, 6.07) is 14.5. The lowest BCUT2D eigenvalue weighted by Crippen LogP contribution is -2.51. The molecule has 3 N–H and O–H groups in total. The Bertz CT molecular complexity index is 1030. The van der Waals surface area contributed by atoms with Gasteiger partial charge in [0.1, 0.15) is 12.6 Å². The zero-order chi connectivity index (χ0) is 20.2. The number of aromatic nitrogens is 1. The van der Waals surface area contributed by atoms with Gasteiger partial charge >= 0.3 is 0 Å². The molecule has 4 rings (SSSR count). The molecule has 150 valence electrons. The van der Waals surface area contributed by atoms with Crippen molar-refractivity contribution >= 4 is 22.7 Å². The van der Waals surface area contributed by atoms with Gasteiger partial charge in [0.2, 0.25) is 12.0 Å². The van der Waals surface area contributed by atoms with E-state index < -0.39 is 12.1 Å². The maximum absolute atomic E-state index is 12.4. The molecule has 0 bridgehead atoms. The first-order chi connectivity index (χ1) is 14.1. The number of ether oxygens (including phenoxy) is 2. The second-order valence-corrected chi connectivity index (χ2v) is 7.00. The molecule has 0 spiro atoms. The lowest BCUT2D eigenvalue weighted by Gasteiger charge is -2.26. The summed E-state index contributed by atoms with van der Waals surface area (Å²) in [5.74, 6) is 0.517. The highest BCUT2D eigenvalue weighted by Crippen LogP contribution is 2.30. The van der Waals surface area contributed by atoms with Crippen LogP contribution in [-0.2, 0) is 16.0 Å². The van der Waals surface area contributed by atoms with Crippen molar-refractivity contribution in [1.29, 1.82) is 0 Å². The van der Waals surface area contributed by atoms with Gasteiger partial charge in [-0.25, -0.2) is 0 Å². The number of carbonyl (C=O) groups excluding carboxylic acids is 2. The summed E-state index contributed by atoms with van der Waals surface area (Å²) >= 11 is 0. The van der Waals surface area contributed by atoms with Crippen molar-refractivity contribution in [2.45, 2.75) is 25.5 Å². The molecule has 7 nitrogen and oxygen atoms in total. The van der Waals surface area contributed by atoms with Gasteiger partial charge in [-0.05, 0) is 37.1 Å². The van der Waals surface area contributed by atoms with Crippen molar-refractivity contribution in [3.63, 3.8) is 0 Å². The Morgan fingerprint density at radius 3 is 2.76 bits per heavy atom. The van der Waals surface area contributed by atoms with Crippen LogP contribution in [-0.4, -0.2) is 42.1 Å². The SMILES string of the molecule is C[C@H](NC(=O)C1COc2ccccc2O1)C(=O)NCCc1c[nH]c2ccccc12. The number of carbonyl (C=O) groups is 2. The number of fused-ring (bicyclic) bond motifs is 2. The minimum absolute atomic E-state index is 0.109. The predicted molar refractivity (Wildman–Crippen MR) is 109 cm³/mol. The number of hydrogen-bond acceptors (Lipinski definition) is 4. The average Bonchev–Trinajstić information content (AvgIpc) is 3.16. The zero-order valence-corrected chi connectivity index (χ0v) is 16.1. The molecular formula is C22H23N3O4. The van der Waals surface area contributed by atoms with Crippen LogP contribution in [0.5, 0.6) is 11.5 Å². The number of amides is 2. The van der Waals surface area contributed by atoms with Crippen molar-refractivity contribution in [3.8, 4) is 11.5 Å². The van der Waals surface area contributed by atoms with Crippen molar-refractivity contribution in [1.82, 2.24) is 15.6 Å². The Morgan fingerprint density at radius 2 is 1.90 bits per heavy atom. The minimum Gasteiger partial charge on any atom is -0.485 e. The van der Waals surface area contributed by atoms with E-state index in [1.807, 2.05) is 36.5 Å². The van der Waals surface area contributed by atoms with Crippen molar-refractivity contribution < 1.29 is 19.1 Å². The summed E-state index contributed by atoms with van der Waals surface area (Å²) in [6.45, 7) is 2.24. The number of H-pyrrole nitrogens is 1. The van der Waals surface area contributed by atoms with Crippen LogP contribution in [0.2, 0.25) is 0 Å². The topological polar surface area (TPSA) is 92.4 Å². The maximum Gasteiger partial charge on any atom is 0.265 e. The molecule has 29 heavy (non-hydrogen) atoms. The third kappa shape index (κ3) is 4.18. The summed E-state index contributed by atoms with van der Waals surface area (Å²) in [4.78, 5) is 28.0. The molecule has 2 atom stereocenters. The molecular weight excluding hydrogens is 370 g/mol. The third-order valence-corrected chi connectivity index (χ3v) is 4.92. The fourth-order valence-electron chi connectivity index (χ4n) is 3.33. The zero-order valence-electron chi connectivity index (χ0n) is 16.1. The van der Waals surface area contributed by atoms with Gasteiger partial charge in [-0.1, -0.05) is 30.3 Å². The summed E-state index contributed by atoms with van der Waals surface area (Å²) in [6.07, 6.45) is 1.87. The fourth-order valence-corrected chi connectivity index (χ4v) is 3.33. The first-order valence-electron chi connectivity index (χ1n) is 9.63. The molecule has 2 heterocycles. The monoisotopic (exact) mass is 393 g/mol. The Hall–Kier alpha value is -3.48. The molecule has 0 saturated carbocycles. The number of rotatable bonds is 6. The number of hydrogen-bond donors (Lipinski definition) is 3. The van der Waals surface area contributed by atoms with Gasteiger partial charge in [0, 0.05) is 23.6 Å². The van der Waals surface area contributed by atoms with E-state index in [0.29, 0.717) is 24.5 Å². The van der Waals surface area contributed by atoms with E-state index in [1.165, 1.54) is 0 Å². The number of nitrogens with one attached hydrogen (secondary N) is 3. The summed E-state index contributed by atoms with van der Waals surface area (Å²) in [5, 5.41) is 6.71. The van der Waals surface area contributed by atoms with Crippen LogP contribution in [0.4, 0.5) is 0 Å². The first-order valence-corrected chi connectivity index (χ1v) is 9.63. The standard InChI is InChI=1S/C22H23N3O4/c1-14(25-22(27)20-13-28-18-8-4-5-9-19(18)29-20)21(26)23-11-10-15-12-24-17-7-3-2-6-16(15)17/h2-9,12,14,20,24H,10-11,13H2,1H3,(H,23,26)(H,25,27)/t14-,20?/m0/s1. The molecule has 0 radical (unpaired) electrons. The molecule has 7 heteroatoms. The highest BCUT2D eigenvalue weighted by Gasteiger charge is 2.29. The van der Waals surface area contributed by atoms with Crippen LogP contribution in [0.1, 0.15) is 12.5 Å². The molecule has 2 amide bonds. The molecule has 1 unspecified atom stereocenters. The van der Waals surface area contributed by atoms with Crippen molar-refractivity contribution in [3.05, 3.63) is 60.3 Å². The van der Waals surface area contributed by atoms with Crippen LogP contribution in [0.3, 0.4) is 0 Å². The quantitative estimate of drug-likeness (QED) is 0.599. The van der Waals surface area contributed by atoms with Crippen molar-refractivity contribution in [2.75, 3.05) is 13.2 Å². The highest BCUT2D eigenvalue weighted by atomic mass is 16.6. The molecule has 0 saturated heterocycles. The molecule has 0 aliphatic carbocycles. The normalized spacial score (nSPS) is 16.2. The smallest absolute Gasteiger partial charge is 0.265 e. The lowest BCUT2D eigenvalue weighted by molar-refractivity contribution is -0.134. The van der Waals surface area contributed by atoms with Gasteiger partial charge in [0.25, 0.3) is 5.91 Å². The van der Waals surface area contributed by atoms with Crippen LogP contribution >= 0.6 is 0 Å². The first kappa shape index (κ1) is 18.9. The maximum atomic E-state index is 12.4. The van der Waals surface area contributed by atoms with Gasteiger partial charge in [-0.2, -0.15) is 0 Å². The molecule has 1 aliphatic rings. The summed E-state index contributed by atoms with van der Waals surface area (Å²) in [7, 11) is 0. The van der Waals surface area contributed by atoms with Gasteiger partial charge in [-0.15, -0.1) is 0 Å². The largest absolute Gasteiger partial charge is 0.485 e. The van der Waals surface area contributed by atoms with Gasteiger partial charge in [0.15, 0.2) is 11.5 Å². The Morgan fingerprint density at radius 1 is 1.14 bits per heavy atom. The molecule has 3 aromatic rings. The van der Waals surface area contributed by atoms with E-state index in [1.54, 1.807) is 19.1 Å². The Balaban J connectivity index is 1.26. The van der Waals surface area contributed by atoms with E-state index in [2.05, 4.69) is 21.7 Å². The molecule has 1 aromatic heterocycles. The van der Waals surface area contributed by atoms with Gasteiger partial charge < -0.3 is 25.1 Å². The van der Waals surface area contributed by atoms with Crippen LogP contribution in [0.25, 0.3) is 10.9 Å². The summed E-state index contributed by atoms with van der Waals surface area (Å²) < 4.78 is 11.2. The highest BCUT2D eigenvalue weighted by molar-refractivity contribution is 5.89. The Kier molecular flexibility index (Phi) is 5.37. The molecule has 2 aromatic carbocycles. The van der Waals surface area contributed by atoms with Crippen LogP contribution in [0.15, 0.2) is 54.7 Å². The van der Waals surface area contributed by atoms with Crippen LogP contribution in [0, 0.1) is 0 Å². The number of para-hydroxylation sites is 3. The Labute approximate surface area is 168 Å². The second-order valence-electron chi connectivity index (χ2n) is 7.00. The average molecular weight is 393 g/mol. The van der Waals surface area contributed by atoms with Crippen molar-refractivity contribution in [2.24, 2.45) is 0 Å². The van der Waals surface area contributed by atoms with Gasteiger partial charge in [-0.3, -0.25) is 9.59 Å². The van der Waals surface area contributed by atoms with E-state index in [0.717, 1.165) is 16.5 Å². The fraction of sp³-hybridized carbons (Fsp3) is 0.273.